The molecule has 0 amide bonds. The summed E-state index contributed by atoms with van der Waals surface area (Å²) in [6.45, 7) is -10.5. The van der Waals surface area contributed by atoms with E-state index >= 15 is 0 Å². The molecule has 0 aliphatic heterocycles. The van der Waals surface area contributed by atoms with Crippen LogP contribution in [0.4, 0.5) is 0 Å². The van der Waals surface area contributed by atoms with E-state index in [9.17, 15) is 0 Å². The smallest absolute Gasteiger partial charge is 0.0383 e. The summed E-state index contributed by atoms with van der Waals surface area (Å²) in [7, 11) is 0. The van der Waals surface area contributed by atoms with Crippen molar-refractivity contribution in [2.45, 2.75) is 20.6 Å². The highest BCUT2D eigenvalue weighted by molar-refractivity contribution is 14.1. The van der Waals surface area contributed by atoms with Crippen LogP contribution in [0.5, 0.6) is 0 Å². The summed E-state index contributed by atoms with van der Waals surface area (Å²) in [5, 5.41) is 0. The fourth-order valence-electron chi connectivity index (χ4n) is 0. The number of rotatable bonds is 0. The molecular formula is C5H11I. The molecule has 0 saturated heterocycles. The molecule has 0 rings (SSSR count). The SMILES string of the molecule is [2H]C([2H])([2H])C(C([2H])([2H])[2H])(C([2H])([2H])[2H])C([2H])([2H])I. The molecule has 38 valence electrons. The first-order valence-corrected chi connectivity index (χ1v) is 2.27. The first-order chi connectivity index (χ1) is 7.00. The molecule has 0 saturated carbocycles. The summed E-state index contributed by atoms with van der Waals surface area (Å²) >= 11 is 0.920. The van der Waals surface area contributed by atoms with E-state index in [1.807, 2.05) is 0 Å². The Morgan fingerprint density at radius 3 is 2.33 bits per heavy atom. The van der Waals surface area contributed by atoms with E-state index < -0.39 is 30.4 Å². The van der Waals surface area contributed by atoms with Crippen LogP contribution in [-0.4, -0.2) is 4.38 Å². The van der Waals surface area contributed by atoms with Crippen molar-refractivity contribution in [2.24, 2.45) is 5.41 Å². The summed E-state index contributed by atoms with van der Waals surface area (Å²) in [4.78, 5) is 0. The van der Waals surface area contributed by atoms with Crippen LogP contribution in [0.25, 0.3) is 0 Å². The van der Waals surface area contributed by atoms with Gasteiger partial charge < -0.3 is 0 Å². The first kappa shape index (κ1) is 0.789. The Labute approximate surface area is 68.9 Å². The topological polar surface area (TPSA) is 0 Å². The maximum absolute atomic E-state index is 7.38. The van der Waals surface area contributed by atoms with E-state index in [4.69, 9.17) is 15.1 Å². The highest BCUT2D eigenvalue weighted by atomic mass is 127. The molecule has 0 unspecified atom stereocenters. The van der Waals surface area contributed by atoms with E-state index in [0.29, 0.717) is 0 Å². The van der Waals surface area contributed by atoms with Crippen molar-refractivity contribution in [1.82, 2.24) is 0 Å². The second-order valence-corrected chi connectivity index (χ2v) is 1.38. The molecule has 0 nitrogen and oxygen atoms in total. The van der Waals surface area contributed by atoms with Crippen molar-refractivity contribution in [3.05, 3.63) is 0 Å². The predicted molar refractivity (Wildman–Crippen MR) is 38.3 cm³/mol. The average molecular weight is 209 g/mol. The van der Waals surface area contributed by atoms with Gasteiger partial charge in [0.2, 0.25) is 0 Å². The summed E-state index contributed by atoms with van der Waals surface area (Å²) in [6, 6.07) is 0. The Morgan fingerprint density at radius 1 is 1.83 bits per heavy atom. The van der Waals surface area contributed by atoms with Crippen molar-refractivity contribution >= 4 is 22.6 Å². The Kier molecular flexibility index (Phi) is 0.282. The van der Waals surface area contributed by atoms with Crippen LogP contribution in [-0.2, 0) is 0 Å². The fraction of sp³-hybridized carbons (Fsp3) is 1.00. The summed E-state index contributed by atoms with van der Waals surface area (Å²) < 4.78 is 76.4. The third kappa shape index (κ3) is 4.73. The molecule has 0 bridgehead atoms. The van der Waals surface area contributed by atoms with Crippen molar-refractivity contribution in [3.63, 3.8) is 0 Å². The third-order valence-corrected chi connectivity index (χ3v) is 0.951. The Hall–Kier alpha value is 0.730. The number of alkyl halides is 1. The largest absolute Gasteiger partial charge is 0.0858 e. The zero-order valence-electron chi connectivity index (χ0n) is 13.9. The van der Waals surface area contributed by atoms with E-state index in [-0.39, 0.29) is 0 Å². The minimum atomic E-state index is -3.49. The van der Waals surface area contributed by atoms with E-state index in [2.05, 4.69) is 0 Å². The van der Waals surface area contributed by atoms with Crippen LogP contribution in [0.15, 0.2) is 0 Å². The number of halogens is 1. The summed E-state index contributed by atoms with van der Waals surface area (Å²) in [5.41, 5.74) is -3.43. The molecule has 0 spiro atoms. The minimum absolute atomic E-state index is 0.920. The van der Waals surface area contributed by atoms with Gasteiger partial charge in [0, 0.05) is 19.5 Å². The Balaban J connectivity index is 6.37. The molecule has 0 heterocycles. The van der Waals surface area contributed by atoms with Crippen LogP contribution < -0.4 is 0 Å². The summed E-state index contributed by atoms with van der Waals surface area (Å²) in [5.74, 6) is 0. The fourth-order valence-corrected chi connectivity index (χ4v) is 0. The normalized spacial score (nSPS) is 47.8. The Morgan fingerprint density at radius 2 is 2.33 bits per heavy atom. The predicted octanol–water partition coefficient (Wildman–Crippen LogP) is 2.47. The molecule has 0 aromatic carbocycles. The lowest BCUT2D eigenvalue weighted by Gasteiger charge is -2.11. The van der Waals surface area contributed by atoms with Gasteiger partial charge >= 0.3 is 0 Å². The van der Waals surface area contributed by atoms with Gasteiger partial charge in [-0.3, -0.25) is 0 Å². The van der Waals surface area contributed by atoms with E-state index in [1.165, 1.54) is 0 Å². The number of hydrogen-bond acceptors (Lipinski definition) is 0. The van der Waals surface area contributed by atoms with Gasteiger partial charge in [0.05, 0.1) is 0 Å². The van der Waals surface area contributed by atoms with Crippen molar-refractivity contribution in [3.8, 4) is 0 Å². The molecule has 0 aromatic heterocycles. The van der Waals surface area contributed by atoms with Gasteiger partial charge in [-0.25, -0.2) is 0 Å². The van der Waals surface area contributed by atoms with Gasteiger partial charge in [0.15, 0.2) is 0 Å². The molecule has 0 N–H and O–H groups in total. The summed E-state index contributed by atoms with van der Waals surface area (Å²) in [6.07, 6.45) is 0. The highest BCUT2D eigenvalue weighted by Gasteiger charge is 2.04. The molecule has 0 radical (unpaired) electrons. The van der Waals surface area contributed by atoms with Crippen LogP contribution in [0.1, 0.15) is 35.6 Å². The van der Waals surface area contributed by atoms with Gasteiger partial charge in [0.1, 0.15) is 0 Å². The highest BCUT2D eigenvalue weighted by Crippen LogP contribution is 2.15. The lowest BCUT2D eigenvalue weighted by atomic mass is 10.0. The minimum Gasteiger partial charge on any atom is -0.0858 e. The van der Waals surface area contributed by atoms with Gasteiger partial charge in [-0.1, -0.05) is 43.1 Å². The molecule has 0 aliphatic carbocycles. The van der Waals surface area contributed by atoms with Gasteiger partial charge in [-0.15, -0.1) is 0 Å². The molecule has 1 heteroatoms. The van der Waals surface area contributed by atoms with Crippen molar-refractivity contribution in [1.29, 1.82) is 0 Å². The van der Waals surface area contributed by atoms with Crippen molar-refractivity contribution in [2.75, 3.05) is 4.38 Å². The average Bonchev–Trinajstić information content (AvgIpc) is 1.67. The monoisotopic (exact) mass is 209 g/mol. The quantitative estimate of drug-likeness (QED) is 0.424. The van der Waals surface area contributed by atoms with E-state index in [1.54, 1.807) is 0 Å². The van der Waals surface area contributed by atoms with Crippen molar-refractivity contribution < 1.29 is 15.1 Å². The third-order valence-electron chi connectivity index (χ3n) is 0.142. The number of hydrogen-bond donors (Lipinski definition) is 0. The molecule has 0 atom stereocenters. The van der Waals surface area contributed by atoms with Crippen LogP contribution >= 0.6 is 22.6 Å². The van der Waals surface area contributed by atoms with Gasteiger partial charge in [-0.05, 0) is 5.41 Å². The molecular weight excluding hydrogens is 187 g/mol. The Bertz CT molecular complexity index is 213. The second kappa shape index (κ2) is 2.15. The zero-order chi connectivity index (χ0) is 14.5. The second-order valence-electron chi connectivity index (χ2n) is 0.844. The molecule has 6 heavy (non-hydrogen) atoms. The lowest BCUT2D eigenvalue weighted by molar-refractivity contribution is 0.489. The maximum Gasteiger partial charge on any atom is 0.0383 e. The van der Waals surface area contributed by atoms with Crippen LogP contribution in [0, 0.1) is 5.41 Å². The van der Waals surface area contributed by atoms with Gasteiger partial charge in [-0.2, -0.15) is 0 Å². The van der Waals surface area contributed by atoms with E-state index in [0.717, 1.165) is 22.6 Å². The zero-order valence-corrected chi connectivity index (χ0v) is 5.04. The lowest BCUT2D eigenvalue weighted by Crippen LogP contribution is -2.04. The standard InChI is InChI=1S/C5H11I/c1-5(2,3)4-6/h4H2,1-3H3/i1D3,2D3,3D3,4D2. The van der Waals surface area contributed by atoms with Crippen LogP contribution in [0.3, 0.4) is 0 Å². The maximum atomic E-state index is 7.38. The molecule has 0 aromatic rings. The van der Waals surface area contributed by atoms with Crippen LogP contribution in [0.2, 0.25) is 0 Å². The molecule has 0 fully saturated rings. The molecule has 0 aliphatic rings. The first-order valence-electron chi connectivity index (χ1n) is 6.69. The van der Waals surface area contributed by atoms with Gasteiger partial charge in [0.25, 0.3) is 0 Å².